The molecule has 0 bridgehead atoms. The van der Waals surface area contributed by atoms with Crippen molar-refractivity contribution in [3.05, 3.63) is 48.2 Å². The summed E-state index contributed by atoms with van der Waals surface area (Å²) in [6.45, 7) is 5.13. The molecule has 1 aliphatic heterocycles. The van der Waals surface area contributed by atoms with Gasteiger partial charge in [-0.25, -0.2) is 4.98 Å². The summed E-state index contributed by atoms with van der Waals surface area (Å²) in [6, 6.07) is 11.6. The highest BCUT2D eigenvalue weighted by atomic mass is 16.5. The molecule has 1 aromatic heterocycles. The molecule has 0 radical (unpaired) electrons. The van der Waals surface area contributed by atoms with Crippen LogP contribution in [0, 0.1) is 0 Å². The quantitative estimate of drug-likeness (QED) is 0.811. The molecule has 0 unspecified atom stereocenters. The van der Waals surface area contributed by atoms with E-state index in [-0.39, 0.29) is 0 Å². The minimum absolute atomic E-state index is 0.568. The van der Waals surface area contributed by atoms with Gasteiger partial charge >= 0.3 is 0 Å². The van der Waals surface area contributed by atoms with Crippen LogP contribution in [-0.4, -0.2) is 30.6 Å². The molecule has 0 atom stereocenters. The Bertz CT molecular complexity index is 718. The van der Waals surface area contributed by atoms with Crippen LogP contribution in [-0.2, 0) is 6.54 Å². The zero-order valence-corrected chi connectivity index (χ0v) is 14.5. The van der Waals surface area contributed by atoms with Crippen LogP contribution >= 0.6 is 0 Å². The second-order valence-corrected chi connectivity index (χ2v) is 5.73. The Balaban J connectivity index is 1.71. The molecule has 2 N–H and O–H groups in total. The van der Waals surface area contributed by atoms with Gasteiger partial charge in [0.1, 0.15) is 0 Å². The van der Waals surface area contributed by atoms with E-state index in [1.807, 2.05) is 36.4 Å². The highest BCUT2D eigenvalue weighted by Crippen LogP contribution is 2.31. The standard InChI is InChI=1S/C19H24N4O2/c1-2-13-24-16-8-3-4-9-17(16)25-18-15(7-5-10-20-18)14-23-19-21-11-6-12-22-19/h3-5,7-10H,2,6,11-14H2,1H3,(H2,21,22,23). The van der Waals surface area contributed by atoms with E-state index in [4.69, 9.17) is 9.47 Å². The molecule has 3 rings (SSSR count). The first-order valence-electron chi connectivity index (χ1n) is 8.72. The molecule has 1 aliphatic rings. The van der Waals surface area contributed by atoms with Crippen molar-refractivity contribution in [2.24, 2.45) is 4.99 Å². The maximum absolute atomic E-state index is 6.04. The maximum atomic E-state index is 6.04. The lowest BCUT2D eigenvalue weighted by molar-refractivity contribution is 0.300. The van der Waals surface area contributed by atoms with Crippen LogP contribution < -0.4 is 20.1 Å². The number of pyridine rings is 1. The number of ether oxygens (including phenoxy) is 2. The number of aromatic nitrogens is 1. The summed E-state index contributed by atoms with van der Waals surface area (Å²) in [4.78, 5) is 8.80. The Morgan fingerprint density at radius 3 is 2.84 bits per heavy atom. The lowest BCUT2D eigenvalue weighted by Crippen LogP contribution is -2.40. The van der Waals surface area contributed by atoms with Gasteiger partial charge in [-0.2, -0.15) is 0 Å². The van der Waals surface area contributed by atoms with Gasteiger partial charge in [0, 0.05) is 31.4 Å². The molecule has 2 heterocycles. The van der Waals surface area contributed by atoms with Gasteiger partial charge < -0.3 is 20.1 Å². The van der Waals surface area contributed by atoms with Gasteiger partial charge in [0.2, 0.25) is 5.88 Å². The SMILES string of the molecule is CCCOc1ccccc1Oc1ncccc1CNC1=NCCCN1. The van der Waals surface area contributed by atoms with Crippen LogP contribution in [0.4, 0.5) is 0 Å². The Morgan fingerprint density at radius 1 is 1.16 bits per heavy atom. The topological polar surface area (TPSA) is 67.8 Å². The third-order valence-corrected chi connectivity index (χ3v) is 3.71. The summed E-state index contributed by atoms with van der Waals surface area (Å²) in [5, 5.41) is 6.55. The van der Waals surface area contributed by atoms with Gasteiger partial charge in [0.05, 0.1) is 6.61 Å². The zero-order valence-electron chi connectivity index (χ0n) is 14.5. The van der Waals surface area contributed by atoms with Crippen LogP contribution in [0.25, 0.3) is 0 Å². The van der Waals surface area contributed by atoms with Crippen LogP contribution in [0.5, 0.6) is 17.4 Å². The Hall–Kier alpha value is -2.76. The number of benzene rings is 1. The average molecular weight is 340 g/mol. The van der Waals surface area contributed by atoms with E-state index in [0.717, 1.165) is 43.2 Å². The highest BCUT2D eigenvalue weighted by Gasteiger charge is 2.11. The second-order valence-electron chi connectivity index (χ2n) is 5.73. The molecule has 6 heteroatoms. The zero-order chi connectivity index (χ0) is 17.3. The van der Waals surface area contributed by atoms with Crippen LogP contribution in [0.1, 0.15) is 25.3 Å². The normalized spacial score (nSPS) is 13.6. The summed E-state index contributed by atoms with van der Waals surface area (Å²) in [6.07, 6.45) is 3.74. The third kappa shape index (κ3) is 4.86. The van der Waals surface area contributed by atoms with Gasteiger partial charge in [0.15, 0.2) is 17.5 Å². The van der Waals surface area contributed by atoms with Gasteiger partial charge in [-0.1, -0.05) is 25.1 Å². The van der Waals surface area contributed by atoms with Gasteiger partial charge in [-0.15, -0.1) is 0 Å². The molecule has 6 nitrogen and oxygen atoms in total. The van der Waals surface area contributed by atoms with Crippen molar-refractivity contribution in [3.8, 4) is 17.4 Å². The Morgan fingerprint density at radius 2 is 2.04 bits per heavy atom. The first-order valence-corrected chi connectivity index (χ1v) is 8.72. The fourth-order valence-electron chi connectivity index (χ4n) is 2.45. The number of hydrogen-bond donors (Lipinski definition) is 2. The molecule has 132 valence electrons. The van der Waals surface area contributed by atoms with Gasteiger partial charge in [0.25, 0.3) is 0 Å². The van der Waals surface area contributed by atoms with Crippen molar-refractivity contribution in [2.45, 2.75) is 26.3 Å². The Labute approximate surface area is 148 Å². The van der Waals surface area contributed by atoms with Gasteiger partial charge in [-0.3, -0.25) is 4.99 Å². The number of guanidine groups is 1. The summed E-state index contributed by atoms with van der Waals surface area (Å²) in [7, 11) is 0. The highest BCUT2D eigenvalue weighted by molar-refractivity contribution is 5.80. The van der Waals surface area contributed by atoms with Gasteiger partial charge in [-0.05, 0) is 31.0 Å². The molecule has 0 fully saturated rings. The fourth-order valence-corrected chi connectivity index (χ4v) is 2.45. The Kier molecular flexibility index (Phi) is 6.09. The van der Waals surface area contributed by atoms with E-state index in [1.54, 1.807) is 6.20 Å². The maximum Gasteiger partial charge on any atom is 0.224 e. The lowest BCUT2D eigenvalue weighted by Gasteiger charge is -2.17. The lowest BCUT2D eigenvalue weighted by atomic mass is 10.2. The van der Waals surface area contributed by atoms with E-state index < -0.39 is 0 Å². The number of hydrogen-bond acceptors (Lipinski definition) is 6. The minimum atomic E-state index is 0.568. The summed E-state index contributed by atoms with van der Waals surface area (Å²) < 4.78 is 11.8. The molecule has 0 amide bonds. The van der Waals surface area contributed by atoms with Crippen molar-refractivity contribution < 1.29 is 9.47 Å². The molecular weight excluding hydrogens is 316 g/mol. The minimum Gasteiger partial charge on any atom is -0.490 e. The van der Waals surface area contributed by atoms with Crippen molar-refractivity contribution in [3.63, 3.8) is 0 Å². The van der Waals surface area contributed by atoms with E-state index in [1.165, 1.54) is 0 Å². The predicted octanol–water partition coefficient (Wildman–Crippen LogP) is 3.10. The summed E-state index contributed by atoms with van der Waals surface area (Å²) in [5.41, 5.74) is 0.961. The summed E-state index contributed by atoms with van der Waals surface area (Å²) in [5.74, 6) is 2.79. The van der Waals surface area contributed by atoms with Crippen molar-refractivity contribution in [2.75, 3.05) is 19.7 Å². The average Bonchev–Trinajstić information content (AvgIpc) is 2.67. The molecule has 1 aromatic carbocycles. The van der Waals surface area contributed by atoms with E-state index in [9.17, 15) is 0 Å². The second kappa shape index (κ2) is 8.92. The largest absolute Gasteiger partial charge is 0.490 e. The van der Waals surface area contributed by atoms with E-state index in [0.29, 0.717) is 24.8 Å². The van der Waals surface area contributed by atoms with Crippen molar-refractivity contribution in [1.82, 2.24) is 15.6 Å². The fraction of sp³-hybridized carbons (Fsp3) is 0.368. The number of nitrogens with one attached hydrogen (secondary N) is 2. The molecule has 2 aromatic rings. The third-order valence-electron chi connectivity index (χ3n) is 3.71. The number of rotatable bonds is 7. The van der Waals surface area contributed by atoms with Crippen LogP contribution in [0.3, 0.4) is 0 Å². The molecule has 0 saturated carbocycles. The summed E-state index contributed by atoms with van der Waals surface area (Å²) >= 11 is 0. The van der Waals surface area contributed by atoms with Crippen molar-refractivity contribution >= 4 is 5.96 Å². The molecule has 0 aliphatic carbocycles. The molecule has 0 saturated heterocycles. The van der Waals surface area contributed by atoms with E-state index in [2.05, 4.69) is 27.5 Å². The number of nitrogens with zero attached hydrogens (tertiary/aromatic N) is 2. The molecule has 25 heavy (non-hydrogen) atoms. The van der Waals surface area contributed by atoms with Crippen molar-refractivity contribution in [1.29, 1.82) is 0 Å². The first-order chi connectivity index (χ1) is 12.4. The van der Waals surface area contributed by atoms with Crippen LogP contribution in [0.15, 0.2) is 47.6 Å². The number of aliphatic imine (C=N–C) groups is 1. The monoisotopic (exact) mass is 340 g/mol. The molecule has 0 spiro atoms. The van der Waals surface area contributed by atoms with E-state index >= 15 is 0 Å². The smallest absolute Gasteiger partial charge is 0.224 e. The number of para-hydroxylation sites is 2. The molecular formula is C19H24N4O2. The predicted molar refractivity (Wildman–Crippen MR) is 98.3 cm³/mol. The van der Waals surface area contributed by atoms with Crippen LogP contribution in [0.2, 0.25) is 0 Å². The first kappa shape index (κ1) is 17.1.